The zero-order chi connectivity index (χ0) is 19.1. The van der Waals surface area contributed by atoms with Crippen molar-refractivity contribution in [3.05, 3.63) is 0 Å². The molecule has 0 spiro atoms. The molecule has 0 saturated heterocycles. The Hall–Kier alpha value is -0.390. The van der Waals surface area contributed by atoms with E-state index in [0.29, 0.717) is 25.0 Å². The van der Waals surface area contributed by atoms with Crippen molar-refractivity contribution in [3.8, 4) is 0 Å². The monoisotopic (exact) mass is 379 g/mol. The summed E-state index contributed by atoms with van der Waals surface area (Å²) in [5.41, 5.74) is -0.327. The molecule has 0 unspecified atom stereocenters. The van der Waals surface area contributed by atoms with Gasteiger partial charge in [0.25, 0.3) is 0 Å². The SMILES string of the molecule is CC(C)CCCCCOC(=O)CC(=N)C(=O)OCCCCCC(C)C.[H-].[Na+]. The molecule has 0 radical (unpaired) electrons. The van der Waals surface area contributed by atoms with Crippen LogP contribution in [0.5, 0.6) is 0 Å². The maximum Gasteiger partial charge on any atom is 1.00 e. The summed E-state index contributed by atoms with van der Waals surface area (Å²) in [5, 5.41) is 7.62. The van der Waals surface area contributed by atoms with Crippen LogP contribution in [0.25, 0.3) is 0 Å². The van der Waals surface area contributed by atoms with Crippen molar-refractivity contribution in [1.82, 2.24) is 0 Å². The van der Waals surface area contributed by atoms with Gasteiger partial charge in [-0.3, -0.25) is 10.2 Å². The molecule has 0 amide bonds. The number of unbranched alkanes of at least 4 members (excludes halogenated alkanes) is 4. The molecule has 0 aliphatic heterocycles. The smallest absolute Gasteiger partial charge is 1.00 e. The Bertz CT molecular complexity index is 403. The number of carbonyl (C=O) groups is 2. The number of carbonyl (C=O) groups excluding carboxylic acids is 2. The summed E-state index contributed by atoms with van der Waals surface area (Å²) in [7, 11) is 0. The minimum absolute atomic E-state index is 0. The number of hydrogen-bond acceptors (Lipinski definition) is 5. The maximum absolute atomic E-state index is 11.6. The van der Waals surface area contributed by atoms with Gasteiger partial charge in [-0.2, -0.15) is 0 Å². The summed E-state index contributed by atoms with van der Waals surface area (Å²) >= 11 is 0. The topological polar surface area (TPSA) is 76.5 Å². The van der Waals surface area contributed by atoms with E-state index in [0.717, 1.165) is 38.5 Å². The van der Waals surface area contributed by atoms with Gasteiger partial charge in [0.15, 0.2) is 0 Å². The molecular weight excluding hydrogens is 341 g/mol. The fourth-order valence-corrected chi connectivity index (χ4v) is 2.37. The van der Waals surface area contributed by atoms with Crippen LogP contribution in [0.15, 0.2) is 0 Å². The number of nitrogens with one attached hydrogen (secondary N) is 1. The molecule has 0 aromatic rings. The molecule has 0 atom stereocenters. The summed E-state index contributed by atoms with van der Waals surface area (Å²) in [6, 6.07) is 0. The summed E-state index contributed by atoms with van der Waals surface area (Å²) in [6.45, 7) is 9.42. The van der Waals surface area contributed by atoms with E-state index in [9.17, 15) is 9.59 Å². The Morgan fingerprint density at radius 2 is 1.27 bits per heavy atom. The normalized spacial score (nSPS) is 10.5. The van der Waals surface area contributed by atoms with Gasteiger partial charge < -0.3 is 10.9 Å². The van der Waals surface area contributed by atoms with Crippen molar-refractivity contribution in [2.24, 2.45) is 11.8 Å². The quantitative estimate of drug-likeness (QED) is 0.204. The van der Waals surface area contributed by atoms with Gasteiger partial charge in [-0.05, 0) is 24.7 Å². The van der Waals surface area contributed by atoms with Crippen molar-refractivity contribution < 1.29 is 50.0 Å². The van der Waals surface area contributed by atoms with Crippen LogP contribution in [-0.2, 0) is 19.1 Å². The van der Waals surface area contributed by atoms with E-state index in [1.807, 2.05) is 0 Å². The maximum atomic E-state index is 11.6. The van der Waals surface area contributed by atoms with Crippen LogP contribution in [0.2, 0.25) is 0 Å². The number of hydrogen-bond donors (Lipinski definition) is 1. The van der Waals surface area contributed by atoms with Crippen LogP contribution in [0.4, 0.5) is 0 Å². The van der Waals surface area contributed by atoms with Gasteiger partial charge in [0.2, 0.25) is 0 Å². The van der Waals surface area contributed by atoms with Gasteiger partial charge in [-0.15, -0.1) is 0 Å². The molecule has 0 heterocycles. The minimum Gasteiger partial charge on any atom is -1.00 e. The van der Waals surface area contributed by atoms with E-state index in [1.54, 1.807) is 0 Å². The number of ether oxygens (including phenoxy) is 2. The zero-order valence-corrected chi connectivity index (χ0v) is 19.6. The Balaban J connectivity index is -0.00000288. The molecule has 5 nitrogen and oxygen atoms in total. The largest absolute Gasteiger partial charge is 1.00 e. The fourth-order valence-electron chi connectivity index (χ4n) is 2.37. The van der Waals surface area contributed by atoms with Crippen LogP contribution in [0.3, 0.4) is 0 Å². The molecule has 0 aliphatic rings. The zero-order valence-electron chi connectivity index (χ0n) is 18.6. The van der Waals surface area contributed by atoms with Crippen LogP contribution in [0, 0.1) is 17.2 Å². The van der Waals surface area contributed by atoms with Crippen LogP contribution < -0.4 is 29.6 Å². The van der Waals surface area contributed by atoms with E-state index >= 15 is 0 Å². The first kappa shape index (κ1) is 27.8. The Labute approximate surface area is 183 Å². The van der Waals surface area contributed by atoms with Gasteiger partial charge in [-0.25, -0.2) is 4.79 Å². The van der Waals surface area contributed by atoms with Crippen molar-refractivity contribution in [2.45, 2.75) is 85.5 Å². The minimum atomic E-state index is -0.710. The summed E-state index contributed by atoms with van der Waals surface area (Å²) in [5.74, 6) is 0.154. The average Bonchev–Trinajstić information content (AvgIpc) is 2.53. The first-order valence-corrected chi connectivity index (χ1v) is 9.73. The van der Waals surface area contributed by atoms with Crippen LogP contribution >= 0.6 is 0 Å². The van der Waals surface area contributed by atoms with Gasteiger partial charge in [0.05, 0.1) is 19.6 Å². The van der Waals surface area contributed by atoms with E-state index in [4.69, 9.17) is 14.9 Å². The molecule has 0 aromatic carbocycles. The predicted molar refractivity (Wildman–Crippen MR) is 102 cm³/mol. The second-order valence-electron chi connectivity index (χ2n) is 7.50. The Morgan fingerprint density at radius 3 is 1.73 bits per heavy atom. The van der Waals surface area contributed by atoms with Crippen LogP contribution in [-0.4, -0.2) is 30.9 Å². The molecule has 0 bridgehead atoms. The molecule has 0 saturated carbocycles. The third-order valence-electron chi connectivity index (χ3n) is 3.92. The van der Waals surface area contributed by atoms with Gasteiger partial charge >= 0.3 is 41.5 Å². The molecular formula is C20H38NNaO4. The van der Waals surface area contributed by atoms with Crippen molar-refractivity contribution in [1.29, 1.82) is 5.41 Å². The predicted octanol–water partition coefficient (Wildman–Crippen LogP) is 2.03. The standard InChI is InChI=1S/C20H37NO4.Na.H/c1-16(2)11-7-5-9-13-24-19(22)15-18(21)20(23)25-14-10-6-8-12-17(3)4;;/h16-17,21H,5-15H2,1-4H3;;/q;+1;-1. The molecule has 6 heteroatoms. The summed E-state index contributed by atoms with van der Waals surface area (Å²) in [4.78, 5) is 23.3. The molecule has 0 rings (SSSR count). The first-order valence-electron chi connectivity index (χ1n) is 9.73. The van der Waals surface area contributed by atoms with Gasteiger partial charge in [-0.1, -0.05) is 66.2 Å². The number of rotatable bonds is 15. The van der Waals surface area contributed by atoms with E-state index in [2.05, 4.69) is 27.7 Å². The van der Waals surface area contributed by atoms with Gasteiger partial charge in [0.1, 0.15) is 5.71 Å². The van der Waals surface area contributed by atoms with Crippen molar-refractivity contribution in [2.75, 3.05) is 13.2 Å². The molecule has 1 N–H and O–H groups in total. The van der Waals surface area contributed by atoms with Crippen molar-refractivity contribution >= 4 is 17.7 Å². The van der Waals surface area contributed by atoms with Crippen LogP contribution in [0.1, 0.15) is 86.9 Å². The first-order chi connectivity index (χ1) is 11.8. The number of esters is 2. The van der Waals surface area contributed by atoms with E-state index in [1.165, 1.54) is 12.8 Å². The summed E-state index contributed by atoms with van der Waals surface area (Å²) in [6.07, 6.45) is 7.97. The Kier molecular flexibility index (Phi) is 19.3. The molecule has 0 aliphatic carbocycles. The average molecular weight is 380 g/mol. The second-order valence-corrected chi connectivity index (χ2v) is 7.50. The Morgan fingerprint density at radius 1 is 0.808 bits per heavy atom. The molecule has 0 aromatic heterocycles. The van der Waals surface area contributed by atoms with Crippen molar-refractivity contribution in [3.63, 3.8) is 0 Å². The third kappa shape index (κ3) is 18.4. The second kappa shape index (κ2) is 18.0. The van der Waals surface area contributed by atoms with Gasteiger partial charge in [0, 0.05) is 0 Å². The fraction of sp³-hybridized carbons (Fsp3) is 0.850. The molecule has 148 valence electrons. The summed E-state index contributed by atoms with van der Waals surface area (Å²) < 4.78 is 10.1. The third-order valence-corrected chi connectivity index (χ3v) is 3.92. The van der Waals surface area contributed by atoms with E-state index in [-0.39, 0.29) is 43.1 Å². The molecule has 0 fully saturated rings. The molecule has 26 heavy (non-hydrogen) atoms. The van der Waals surface area contributed by atoms with E-state index < -0.39 is 11.9 Å².